The van der Waals surface area contributed by atoms with E-state index in [1.807, 2.05) is 0 Å². The molecule has 0 radical (unpaired) electrons. The van der Waals surface area contributed by atoms with Crippen LogP contribution < -0.4 is 11.1 Å². The summed E-state index contributed by atoms with van der Waals surface area (Å²) >= 11 is 0. The molecule has 0 spiro atoms. The van der Waals surface area contributed by atoms with Gasteiger partial charge in [0.2, 0.25) is 0 Å². The van der Waals surface area contributed by atoms with Gasteiger partial charge in [0.25, 0.3) is 0 Å². The van der Waals surface area contributed by atoms with Gasteiger partial charge in [-0.25, -0.2) is 0 Å². The fraction of sp³-hybridized carbons (Fsp3) is 1.00. The molecule has 0 bridgehead atoms. The number of hydrogen-bond donors (Lipinski definition) is 2. The molecule has 0 aromatic carbocycles. The average molecular weight is 196 g/mol. The van der Waals surface area contributed by atoms with E-state index in [4.69, 9.17) is 5.73 Å². The summed E-state index contributed by atoms with van der Waals surface area (Å²) in [5.74, 6) is 0. The van der Waals surface area contributed by atoms with Crippen LogP contribution in [0.5, 0.6) is 0 Å². The van der Waals surface area contributed by atoms with Crippen molar-refractivity contribution < 1.29 is 0 Å². The standard InChI is InChI=1S/C12H24N2/c1-2-11(5-3-4-6-11)9-14-10-12(13)7-8-12/h14H,2-10,13H2,1H3. The predicted molar refractivity (Wildman–Crippen MR) is 60.2 cm³/mol. The minimum absolute atomic E-state index is 0.174. The first-order valence-electron chi connectivity index (χ1n) is 6.18. The molecule has 2 heteroatoms. The highest BCUT2D eigenvalue weighted by Gasteiger charge is 2.38. The van der Waals surface area contributed by atoms with E-state index < -0.39 is 0 Å². The zero-order chi connectivity index (χ0) is 10.1. The van der Waals surface area contributed by atoms with E-state index in [0.29, 0.717) is 5.41 Å². The number of nitrogens with one attached hydrogen (secondary N) is 1. The average Bonchev–Trinajstić information content (AvgIpc) is 2.75. The van der Waals surface area contributed by atoms with Crippen molar-refractivity contribution in [3.8, 4) is 0 Å². The molecule has 2 aliphatic carbocycles. The maximum Gasteiger partial charge on any atom is 0.0282 e. The lowest BCUT2D eigenvalue weighted by Crippen LogP contribution is -2.40. The van der Waals surface area contributed by atoms with Gasteiger partial charge in [-0.2, -0.15) is 0 Å². The monoisotopic (exact) mass is 196 g/mol. The summed E-state index contributed by atoms with van der Waals surface area (Å²) in [5, 5.41) is 3.60. The summed E-state index contributed by atoms with van der Waals surface area (Å²) < 4.78 is 0. The van der Waals surface area contributed by atoms with Crippen molar-refractivity contribution in [3.05, 3.63) is 0 Å². The Bertz CT molecular complexity index is 190. The van der Waals surface area contributed by atoms with Crippen LogP contribution in [-0.2, 0) is 0 Å². The largest absolute Gasteiger partial charge is 0.324 e. The number of rotatable bonds is 5. The van der Waals surface area contributed by atoms with Gasteiger partial charge in [-0.15, -0.1) is 0 Å². The summed E-state index contributed by atoms with van der Waals surface area (Å²) in [7, 11) is 0. The van der Waals surface area contributed by atoms with Crippen LogP contribution in [0.4, 0.5) is 0 Å². The molecule has 2 aliphatic rings. The highest BCUT2D eigenvalue weighted by Crippen LogP contribution is 2.40. The molecule has 2 rings (SSSR count). The minimum Gasteiger partial charge on any atom is -0.324 e. The molecular weight excluding hydrogens is 172 g/mol. The molecule has 0 heterocycles. The zero-order valence-electron chi connectivity index (χ0n) is 9.44. The molecule has 2 nitrogen and oxygen atoms in total. The van der Waals surface area contributed by atoms with Crippen molar-refractivity contribution in [2.24, 2.45) is 11.1 Å². The van der Waals surface area contributed by atoms with E-state index in [9.17, 15) is 0 Å². The fourth-order valence-corrected chi connectivity index (χ4v) is 2.69. The summed E-state index contributed by atoms with van der Waals surface area (Å²) in [5.41, 5.74) is 6.84. The van der Waals surface area contributed by atoms with E-state index in [0.717, 1.165) is 6.54 Å². The van der Waals surface area contributed by atoms with Crippen LogP contribution in [0.2, 0.25) is 0 Å². The van der Waals surface area contributed by atoms with Crippen LogP contribution in [-0.4, -0.2) is 18.6 Å². The molecule has 0 saturated heterocycles. The molecule has 82 valence electrons. The first-order valence-corrected chi connectivity index (χ1v) is 6.18. The summed E-state index contributed by atoms with van der Waals surface area (Å²) in [6.07, 6.45) is 9.49. The van der Waals surface area contributed by atoms with Crippen LogP contribution in [0, 0.1) is 5.41 Å². The quantitative estimate of drug-likeness (QED) is 0.706. The summed E-state index contributed by atoms with van der Waals surface area (Å²) in [4.78, 5) is 0. The second-order valence-corrected chi connectivity index (χ2v) is 5.53. The van der Waals surface area contributed by atoms with Crippen molar-refractivity contribution in [1.82, 2.24) is 5.32 Å². The Kier molecular flexibility index (Phi) is 2.85. The predicted octanol–water partition coefficient (Wildman–Crippen LogP) is 2.04. The number of nitrogens with two attached hydrogens (primary N) is 1. The summed E-state index contributed by atoms with van der Waals surface area (Å²) in [6.45, 7) is 4.57. The first-order chi connectivity index (χ1) is 6.68. The maximum atomic E-state index is 6.05. The second-order valence-electron chi connectivity index (χ2n) is 5.53. The fourth-order valence-electron chi connectivity index (χ4n) is 2.69. The Hall–Kier alpha value is -0.0800. The molecule has 0 unspecified atom stereocenters. The molecule has 0 amide bonds. The van der Waals surface area contributed by atoms with Gasteiger partial charge >= 0.3 is 0 Å². The maximum absolute atomic E-state index is 6.05. The molecule has 0 aliphatic heterocycles. The third-order valence-corrected chi connectivity index (χ3v) is 4.28. The van der Waals surface area contributed by atoms with Gasteiger partial charge in [0.1, 0.15) is 0 Å². The van der Waals surface area contributed by atoms with Crippen molar-refractivity contribution in [2.75, 3.05) is 13.1 Å². The topological polar surface area (TPSA) is 38.0 Å². The van der Waals surface area contributed by atoms with Crippen LogP contribution in [0.15, 0.2) is 0 Å². The van der Waals surface area contributed by atoms with Gasteiger partial charge in [-0.1, -0.05) is 19.8 Å². The first kappa shape index (κ1) is 10.4. The third kappa shape index (κ3) is 2.29. The summed E-state index contributed by atoms with van der Waals surface area (Å²) in [6, 6.07) is 0. The van der Waals surface area contributed by atoms with Crippen molar-refractivity contribution >= 4 is 0 Å². The van der Waals surface area contributed by atoms with E-state index >= 15 is 0 Å². The van der Waals surface area contributed by atoms with Gasteiger partial charge in [-0.05, 0) is 37.5 Å². The highest BCUT2D eigenvalue weighted by atomic mass is 15.0. The van der Waals surface area contributed by atoms with Crippen molar-refractivity contribution in [1.29, 1.82) is 0 Å². The Labute approximate surface area is 87.6 Å². The van der Waals surface area contributed by atoms with Crippen molar-refractivity contribution in [2.45, 2.75) is 57.4 Å². The van der Waals surface area contributed by atoms with Crippen molar-refractivity contribution in [3.63, 3.8) is 0 Å². The molecule has 2 fully saturated rings. The Morgan fingerprint density at radius 2 is 1.71 bits per heavy atom. The Balaban J connectivity index is 1.72. The molecule has 14 heavy (non-hydrogen) atoms. The van der Waals surface area contributed by atoms with Gasteiger partial charge in [0.05, 0.1) is 0 Å². The van der Waals surface area contributed by atoms with Gasteiger partial charge in [0.15, 0.2) is 0 Å². The van der Waals surface area contributed by atoms with Crippen LogP contribution >= 0.6 is 0 Å². The Morgan fingerprint density at radius 1 is 1.07 bits per heavy atom. The molecule has 2 saturated carbocycles. The molecular formula is C12H24N2. The zero-order valence-corrected chi connectivity index (χ0v) is 9.44. The SMILES string of the molecule is CCC1(CNCC2(N)CC2)CCCC1. The smallest absolute Gasteiger partial charge is 0.0282 e. The van der Waals surface area contributed by atoms with Crippen LogP contribution in [0.25, 0.3) is 0 Å². The van der Waals surface area contributed by atoms with Crippen LogP contribution in [0.1, 0.15) is 51.9 Å². The normalized spacial score (nSPS) is 27.9. The van der Waals surface area contributed by atoms with Gasteiger partial charge in [-0.3, -0.25) is 0 Å². The molecule has 0 atom stereocenters. The van der Waals surface area contributed by atoms with Gasteiger partial charge < -0.3 is 11.1 Å². The lowest BCUT2D eigenvalue weighted by Gasteiger charge is -2.28. The second kappa shape index (κ2) is 3.82. The van der Waals surface area contributed by atoms with Crippen LogP contribution in [0.3, 0.4) is 0 Å². The molecule has 0 aromatic heterocycles. The lowest BCUT2D eigenvalue weighted by atomic mass is 9.83. The molecule has 0 aromatic rings. The number of hydrogen-bond acceptors (Lipinski definition) is 2. The minimum atomic E-state index is 0.174. The third-order valence-electron chi connectivity index (χ3n) is 4.28. The van der Waals surface area contributed by atoms with Gasteiger partial charge in [0, 0.05) is 18.6 Å². The van der Waals surface area contributed by atoms with E-state index in [2.05, 4.69) is 12.2 Å². The molecule has 3 N–H and O–H groups in total. The van der Waals surface area contributed by atoms with E-state index in [-0.39, 0.29) is 5.54 Å². The van der Waals surface area contributed by atoms with E-state index in [1.165, 1.54) is 51.5 Å². The highest BCUT2D eigenvalue weighted by molar-refractivity contribution is 5.01. The lowest BCUT2D eigenvalue weighted by molar-refractivity contribution is 0.266. The van der Waals surface area contributed by atoms with E-state index in [1.54, 1.807) is 0 Å². The Morgan fingerprint density at radius 3 is 2.21 bits per heavy atom.